The Bertz CT molecular complexity index is 645. The highest BCUT2D eigenvalue weighted by Gasteiger charge is 2.05. The fraction of sp³-hybridized carbons (Fsp3) is 0.421. The lowest BCUT2D eigenvalue weighted by Gasteiger charge is -2.14. The van der Waals surface area contributed by atoms with E-state index in [1.54, 1.807) is 6.26 Å². The molecular weight excluding hydrogens is 443 g/mol. The van der Waals surface area contributed by atoms with Gasteiger partial charge in [0.2, 0.25) is 0 Å². The van der Waals surface area contributed by atoms with E-state index in [1.807, 2.05) is 57.4 Å². The van der Waals surface area contributed by atoms with Gasteiger partial charge in [0.05, 0.1) is 19.4 Å². The van der Waals surface area contributed by atoms with E-state index in [0.29, 0.717) is 19.7 Å². The van der Waals surface area contributed by atoms with Crippen LogP contribution in [-0.2, 0) is 13.1 Å². The molecule has 0 saturated carbocycles. The fourth-order valence-corrected chi connectivity index (χ4v) is 2.20. The second-order valence-electron chi connectivity index (χ2n) is 5.89. The van der Waals surface area contributed by atoms with Gasteiger partial charge in [0.15, 0.2) is 5.96 Å². The van der Waals surface area contributed by atoms with Crippen LogP contribution in [-0.4, -0.2) is 44.7 Å². The first-order valence-corrected chi connectivity index (χ1v) is 8.59. The summed E-state index contributed by atoms with van der Waals surface area (Å²) in [5.74, 6) is 2.51. The van der Waals surface area contributed by atoms with Crippen LogP contribution in [0.4, 0.5) is 0 Å². The Morgan fingerprint density at radius 1 is 1.15 bits per heavy atom. The first kappa shape index (κ1) is 22.3. The quantitative estimate of drug-likeness (QED) is 0.334. The zero-order valence-electron chi connectivity index (χ0n) is 15.7. The van der Waals surface area contributed by atoms with E-state index in [-0.39, 0.29) is 24.0 Å². The molecule has 0 spiro atoms. The number of hydrogen-bond donors (Lipinski definition) is 2. The molecule has 0 aliphatic heterocycles. The third kappa shape index (κ3) is 8.09. The molecule has 0 amide bonds. The molecule has 0 saturated heterocycles. The third-order valence-electron chi connectivity index (χ3n) is 3.53. The van der Waals surface area contributed by atoms with E-state index in [1.165, 1.54) is 0 Å². The summed E-state index contributed by atoms with van der Waals surface area (Å²) in [6.45, 7) is 5.52. The second-order valence-corrected chi connectivity index (χ2v) is 5.89. The second kappa shape index (κ2) is 12.6. The van der Waals surface area contributed by atoms with Gasteiger partial charge in [-0.2, -0.15) is 0 Å². The molecule has 0 radical (unpaired) electrons. The molecule has 2 rings (SSSR count). The van der Waals surface area contributed by atoms with Crippen LogP contribution in [0.1, 0.15) is 18.2 Å². The molecule has 1 heterocycles. The number of halogens is 1. The Labute approximate surface area is 173 Å². The first-order valence-electron chi connectivity index (χ1n) is 8.59. The summed E-state index contributed by atoms with van der Waals surface area (Å²) in [6.07, 6.45) is 1.67. The summed E-state index contributed by atoms with van der Waals surface area (Å²) >= 11 is 0. The standard InChI is InChI=1S/C19H28N4O2.HI/c1-4-20-19(22-15-17-9-7-12-24-17)21-14-16-8-5-6-10-18(16)25-13-11-23(2)3;/h5-10,12H,4,11,13-15H2,1-3H3,(H2,20,21,22);1H. The molecule has 144 valence electrons. The van der Waals surface area contributed by atoms with Crippen molar-refractivity contribution in [2.24, 2.45) is 4.99 Å². The summed E-state index contributed by atoms with van der Waals surface area (Å²) in [6, 6.07) is 11.8. The van der Waals surface area contributed by atoms with Crippen molar-refractivity contribution in [3.8, 4) is 5.75 Å². The van der Waals surface area contributed by atoms with Crippen LogP contribution in [0.3, 0.4) is 0 Å². The number of furan rings is 1. The maximum absolute atomic E-state index is 5.89. The lowest BCUT2D eigenvalue weighted by Crippen LogP contribution is -2.36. The average Bonchev–Trinajstić information content (AvgIpc) is 3.11. The molecule has 2 aromatic rings. The number of benzene rings is 1. The van der Waals surface area contributed by atoms with Crippen LogP contribution in [0.25, 0.3) is 0 Å². The largest absolute Gasteiger partial charge is 0.492 e. The maximum atomic E-state index is 5.89. The van der Waals surface area contributed by atoms with Crippen molar-refractivity contribution in [2.75, 3.05) is 33.8 Å². The summed E-state index contributed by atoms with van der Waals surface area (Å²) in [5.41, 5.74) is 1.07. The predicted octanol–water partition coefficient (Wildman–Crippen LogP) is 3.09. The molecule has 26 heavy (non-hydrogen) atoms. The summed E-state index contributed by atoms with van der Waals surface area (Å²) in [5, 5.41) is 6.51. The van der Waals surface area contributed by atoms with E-state index in [4.69, 9.17) is 9.15 Å². The Morgan fingerprint density at radius 3 is 2.65 bits per heavy atom. The summed E-state index contributed by atoms with van der Waals surface area (Å²) in [4.78, 5) is 6.75. The molecule has 1 aromatic carbocycles. The first-order chi connectivity index (χ1) is 12.2. The maximum Gasteiger partial charge on any atom is 0.191 e. The van der Waals surface area contributed by atoms with Gasteiger partial charge in [0, 0.05) is 18.7 Å². The number of nitrogens with zero attached hydrogens (tertiary/aromatic N) is 2. The smallest absolute Gasteiger partial charge is 0.191 e. The van der Waals surface area contributed by atoms with Crippen LogP contribution < -0.4 is 15.4 Å². The van der Waals surface area contributed by atoms with Crippen LogP contribution in [0.5, 0.6) is 5.75 Å². The number of hydrogen-bond acceptors (Lipinski definition) is 4. The molecule has 2 N–H and O–H groups in total. The number of rotatable bonds is 9. The van der Waals surface area contributed by atoms with E-state index < -0.39 is 0 Å². The Hall–Kier alpha value is -1.74. The molecular formula is C19H29IN4O2. The van der Waals surface area contributed by atoms with Crippen molar-refractivity contribution >= 4 is 29.9 Å². The minimum atomic E-state index is 0. The number of guanidine groups is 1. The van der Waals surface area contributed by atoms with Gasteiger partial charge in [0.25, 0.3) is 0 Å². The number of ether oxygens (including phenoxy) is 1. The van der Waals surface area contributed by atoms with Crippen molar-refractivity contribution in [3.05, 3.63) is 54.0 Å². The molecule has 0 unspecified atom stereocenters. The lowest BCUT2D eigenvalue weighted by atomic mass is 10.2. The van der Waals surface area contributed by atoms with Gasteiger partial charge in [0.1, 0.15) is 18.1 Å². The van der Waals surface area contributed by atoms with Crippen LogP contribution in [0, 0.1) is 0 Å². The summed E-state index contributed by atoms with van der Waals surface area (Å²) < 4.78 is 11.2. The van der Waals surface area contributed by atoms with Gasteiger partial charge in [-0.15, -0.1) is 24.0 Å². The van der Waals surface area contributed by atoms with Gasteiger partial charge >= 0.3 is 0 Å². The molecule has 7 heteroatoms. The van der Waals surface area contributed by atoms with Crippen molar-refractivity contribution in [1.82, 2.24) is 15.5 Å². The summed E-state index contributed by atoms with van der Waals surface area (Å²) in [7, 11) is 4.07. The van der Waals surface area contributed by atoms with Crippen molar-refractivity contribution in [3.63, 3.8) is 0 Å². The Balaban J connectivity index is 0.00000338. The highest BCUT2D eigenvalue weighted by atomic mass is 127. The molecule has 0 aliphatic carbocycles. The predicted molar refractivity (Wildman–Crippen MR) is 116 cm³/mol. The van der Waals surface area contributed by atoms with Gasteiger partial charge in [-0.1, -0.05) is 18.2 Å². The number of likely N-dealkylation sites (N-methyl/N-ethyl adjacent to an activating group) is 1. The Morgan fingerprint density at radius 2 is 1.96 bits per heavy atom. The van der Waals surface area contributed by atoms with Gasteiger partial charge in [-0.3, -0.25) is 0 Å². The zero-order valence-corrected chi connectivity index (χ0v) is 18.0. The minimum absolute atomic E-state index is 0. The van der Waals surface area contributed by atoms with Crippen LogP contribution in [0.2, 0.25) is 0 Å². The van der Waals surface area contributed by atoms with E-state index in [0.717, 1.165) is 36.1 Å². The monoisotopic (exact) mass is 472 g/mol. The topological polar surface area (TPSA) is 62.0 Å². The van der Waals surface area contributed by atoms with Crippen LogP contribution >= 0.6 is 24.0 Å². The lowest BCUT2D eigenvalue weighted by molar-refractivity contribution is 0.259. The molecule has 0 aliphatic rings. The number of nitrogens with one attached hydrogen (secondary N) is 2. The average molecular weight is 472 g/mol. The van der Waals surface area contributed by atoms with Gasteiger partial charge in [-0.05, 0) is 39.2 Å². The van der Waals surface area contributed by atoms with E-state index in [9.17, 15) is 0 Å². The number of aliphatic imine (C=N–C) groups is 1. The normalized spacial score (nSPS) is 11.2. The molecule has 0 fully saturated rings. The van der Waals surface area contributed by atoms with Crippen molar-refractivity contribution in [2.45, 2.75) is 20.0 Å². The van der Waals surface area contributed by atoms with Gasteiger partial charge < -0.3 is 24.7 Å². The molecule has 0 atom stereocenters. The van der Waals surface area contributed by atoms with Crippen molar-refractivity contribution in [1.29, 1.82) is 0 Å². The SMILES string of the molecule is CCNC(=NCc1ccccc1OCCN(C)C)NCc1ccco1.I. The van der Waals surface area contributed by atoms with E-state index >= 15 is 0 Å². The zero-order chi connectivity index (χ0) is 17.9. The molecule has 0 bridgehead atoms. The minimum Gasteiger partial charge on any atom is -0.492 e. The fourth-order valence-electron chi connectivity index (χ4n) is 2.20. The van der Waals surface area contributed by atoms with E-state index in [2.05, 4.69) is 20.5 Å². The Kier molecular flexibility index (Phi) is 10.8. The molecule has 6 nitrogen and oxygen atoms in total. The van der Waals surface area contributed by atoms with Crippen LogP contribution in [0.15, 0.2) is 52.1 Å². The number of para-hydroxylation sites is 1. The highest BCUT2D eigenvalue weighted by molar-refractivity contribution is 14.0. The molecule has 1 aromatic heterocycles. The van der Waals surface area contributed by atoms with Crippen molar-refractivity contribution < 1.29 is 9.15 Å². The van der Waals surface area contributed by atoms with Gasteiger partial charge in [-0.25, -0.2) is 4.99 Å². The highest BCUT2D eigenvalue weighted by Crippen LogP contribution is 2.18. The third-order valence-corrected chi connectivity index (χ3v) is 3.53.